The van der Waals surface area contributed by atoms with Crippen LogP contribution in [0.15, 0.2) is 24.3 Å². The van der Waals surface area contributed by atoms with Crippen LogP contribution in [-0.2, 0) is 4.79 Å². The number of carbonyl (C=O) groups excluding carboxylic acids is 2. The van der Waals surface area contributed by atoms with Gasteiger partial charge in [0.1, 0.15) is 5.82 Å². The Kier molecular flexibility index (Phi) is 5.86. The lowest BCUT2D eigenvalue weighted by molar-refractivity contribution is -0.887. The highest BCUT2D eigenvalue weighted by atomic mass is 19.1. The van der Waals surface area contributed by atoms with E-state index in [2.05, 4.69) is 10.6 Å². The van der Waals surface area contributed by atoms with E-state index in [4.69, 9.17) is 0 Å². The minimum atomic E-state index is -0.333. The van der Waals surface area contributed by atoms with Gasteiger partial charge in [0.05, 0.1) is 25.7 Å². The number of nitrogens with zero attached hydrogens (tertiary/aromatic N) is 1. The van der Waals surface area contributed by atoms with Crippen molar-refractivity contribution < 1.29 is 18.9 Å². The van der Waals surface area contributed by atoms with Gasteiger partial charge in [0.15, 0.2) is 0 Å². The number of amides is 3. The number of likely N-dealkylation sites (tertiary alicyclic amines) is 1. The van der Waals surface area contributed by atoms with Gasteiger partial charge < -0.3 is 20.4 Å². The molecule has 0 aromatic heterocycles. The second kappa shape index (κ2) is 8.29. The highest BCUT2D eigenvalue weighted by Crippen LogP contribution is 2.21. The van der Waals surface area contributed by atoms with E-state index in [-0.39, 0.29) is 30.2 Å². The molecule has 1 atom stereocenters. The molecule has 3 N–H and O–H groups in total. The number of rotatable bonds is 6. The normalized spacial score (nSPS) is 20.9. The molecule has 7 heteroatoms. The number of hydrogen-bond donors (Lipinski definition) is 3. The van der Waals surface area contributed by atoms with Crippen LogP contribution in [0.3, 0.4) is 0 Å². The van der Waals surface area contributed by atoms with Gasteiger partial charge in [-0.15, -0.1) is 0 Å². The first-order chi connectivity index (χ1) is 12.1. The topological polar surface area (TPSA) is 65.9 Å². The average molecular weight is 349 g/mol. The molecule has 2 fully saturated rings. The van der Waals surface area contributed by atoms with Crippen molar-refractivity contribution in [3.05, 3.63) is 30.1 Å². The average Bonchev–Trinajstić information content (AvgIpc) is 3.22. The van der Waals surface area contributed by atoms with Crippen LogP contribution in [0.1, 0.15) is 25.7 Å². The predicted molar refractivity (Wildman–Crippen MR) is 93.1 cm³/mol. The molecule has 136 valence electrons. The van der Waals surface area contributed by atoms with Crippen molar-refractivity contribution in [3.8, 4) is 0 Å². The second-order valence-electron chi connectivity index (χ2n) is 6.84. The molecule has 1 aromatic rings. The van der Waals surface area contributed by atoms with Crippen molar-refractivity contribution in [2.45, 2.75) is 31.7 Å². The second-order valence-corrected chi connectivity index (χ2v) is 6.84. The zero-order chi connectivity index (χ0) is 17.6. The van der Waals surface area contributed by atoms with E-state index in [9.17, 15) is 14.0 Å². The Labute approximate surface area is 147 Å². The molecular formula is C18H26FN4O2+. The summed E-state index contributed by atoms with van der Waals surface area (Å²) in [6.45, 7) is 4.65. The smallest absolute Gasteiger partial charge is 0.315 e. The summed E-state index contributed by atoms with van der Waals surface area (Å²) in [7, 11) is 0. The summed E-state index contributed by atoms with van der Waals surface area (Å²) >= 11 is 0. The maximum atomic E-state index is 13.0. The Bertz CT molecular complexity index is 602. The van der Waals surface area contributed by atoms with Crippen molar-refractivity contribution in [1.82, 2.24) is 10.6 Å². The number of urea groups is 1. The fourth-order valence-electron chi connectivity index (χ4n) is 3.58. The number of nitrogens with one attached hydrogen (secondary N) is 3. The summed E-state index contributed by atoms with van der Waals surface area (Å²) in [6, 6.07) is 5.38. The molecule has 3 rings (SSSR count). The SMILES string of the molecule is O=C(NCCC[NH+]1CCCC1)N[C@H]1CC(=O)N(c2ccc(F)cc2)C1. The third kappa shape index (κ3) is 4.92. The fraction of sp³-hybridized carbons (Fsp3) is 0.556. The predicted octanol–water partition coefficient (Wildman–Crippen LogP) is 0.299. The van der Waals surface area contributed by atoms with Crippen molar-refractivity contribution in [2.75, 3.05) is 37.6 Å². The Morgan fingerprint density at radius 3 is 2.68 bits per heavy atom. The van der Waals surface area contributed by atoms with Gasteiger partial charge >= 0.3 is 6.03 Å². The zero-order valence-electron chi connectivity index (χ0n) is 14.4. The Hall–Kier alpha value is -2.15. The first kappa shape index (κ1) is 17.7. The van der Waals surface area contributed by atoms with Crippen molar-refractivity contribution in [1.29, 1.82) is 0 Å². The molecule has 0 radical (unpaired) electrons. The molecular weight excluding hydrogens is 323 g/mol. The minimum absolute atomic E-state index is 0.0606. The van der Waals surface area contributed by atoms with Crippen molar-refractivity contribution >= 4 is 17.6 Å². The quantitative estimate of drug-likeness (QED) is 0.647. The van der Waals surface area contributed by atoms with Crippen LogP contribution < -0.4 is 20.4 Å². The number of quaternary nitrogens is 1. The lowest BCUT2D eigenvalue weighted by Gasteiger charge is -2.17. The summed E-state index contributed by atoms with van der Waals surface area (Å²) in [5.41, 5.74) is 0.657. The van der Waals surface area contributed by atoms with Gasteiger partial charge in [0, 0.05) is 44.5 Å². The van der Waals surface area contributed by atoms with Gasteiger partial charge in [-0.3, -0.25) is 4.79 Å². The Balaban J connectivity index is 1.38. The Morgan fingerprint density at radius 1 is 1.24 bits per heavy atom. The van der Waals surface area contributed by atoms with Crippen LogP contribution >= 0.6 is 0 Å². The molecule has 0 spiro atoms. The van der Waals surface area contributed by atoms with Crippen LogP contribution in [-0.4, -0.2) is 50.7 Å². The van der Waals surface area contributed by atoms with Gasteiger partial charge in [0.2, 0.25) is 5.91 Å². The van der Waals surface area contributed by atoms with E-state index in [1.54, 1.807) is 21.9 Å². The first-order valence-corrected chi connectivity index (χ1v) is 9.05. The zero-order valence-corrected chi connectivity index (χ0v) is 14.4. The molecule has 0 saturated carbocycles. The van der Waals surface area contributed by atoms with Crippen molar-refractivity contribution in [2.24, 2.45) is 0 Å². The molecule has 2 aliphatic rings. The number of hydrogen-bond acceptors (Lipinski definition) is 2. The largest absolute Gasteiger partial charge is 0.338 e. The van der Waals surface area contributed by atoms with E-state index in [0.717, 1.165) is 13.0 Å². The summed E-state index contributed by atoms with van der Waals surface area (Å²) in [6.07, 6.45) is 3.85. The molecule has 2 aliphatic heterocycles. The van der Waals surface area contributed by atoms with E-state index < -0.39 is 0 Å². The summed E-state index contributed by atoms with van der Waals surface area (Å²) in [5.74, 6) is -0.394. The molecule has 6 nitrogen and oxygen atoms in total. The molecule has 0 aliphatic carbocycles. The minimum Gasteiger partial charge on any atom is -0.338 e. The fourth-order valence-corrected chi connectivity index (χ4v) is 3.58. The molecule has 2 heterocycles. The maximum absolute atomic E-state index is 13.0. The van der Waals surface area contributed by atoms with Crippen LogP contribution in [0.5, 0.6) is 0 Å². The van der Waals surface area contributed by atoms with Gasteiger partial charge in [-0.25, -0.2) is 9.18 Å². The third-order valence-corrected chi connectivity index (χ3v) is 4.90. The molecule has 1 aromatic carbocycles. The third-order valence-electron chi connectivity index (χ3n) is 4.90. The summed E-state index contributed by atoms with van der Waals surface area (Å²) < 4.78 is 13.0. The molecule has 3 amide bonds. The van der Waals surface area contributed by atoms with Crippen LogP contribution in [0.25, 0.3) is 0 Å². The summed E-state index contributed by atoms with van der Waals surface area (Å²) in [5, 5.41) is 5.72. The number of halogens is 1. The van der Waals surface area contributed by atoms with Gasteiger partial charge in [0.25, 0.3) is 0 Å². The van der Waals surface area contributed by atoms with Gasteiger partial charge in [-0.2, -0.15) is 0 Å². The highest BCUT2D eigenvalue weighted by Gasteiger charge is 2.31. The van der Waals surface area contributed by atoms with Crippen LogP contribution in [0, 0.1) is 5.82 Å². The lowest BCUT2D eigenvalue weighted by Crippen LogP contribution is -3.10. The standard InChI is InChI=1S/C18H25FN4O2/c19-14-4-6-16(7-5-14)23-13-15(12-17(23)24)21-18(25)20-8-3-11-22-9-1-2-10-22/h4-7,15H,1-3,8-13H2,(H2,20,21,25)/p+1/t15-/m0/s1. The van der Waals surface area contributed by atoms with Crippen LogP contribution in [0.2, 0.25) is 0 Å². The molecule has 0 bridgehead atoms. The first-order valence-electron chi connectivity index (χ1n) is 9.05. The number of carbonyl (C=O) groups is 2. The van der Waals surface area contributed by atoms with Crippen molar-refractivity contribution in [3.63, 3.8) is 0 Å². The van der Waals surface area contributed by atoms with E-state index in [1.807, 2.05) is 0 Å². The van der Waals surface area contributed by atoms with Gasteiger partial charge in [-0.05, 0) is 24.3 Å². The van der Waals surface area contributed by atoms with E-state index >= 15 is 0 Å². The van der Waals surface area contributed by atoms with E-state index in [0.29, 0.717) is 18.8 Å². The van der Waals surface area contributed by atoms with Gasteiger partial charge in [-0.1, -0.05) is 0 Å². The summed E-state index contributed by atoms with van der Waals surface area (Å²) in [4.78, 5) is 27.3. The van der Waals surface area contributed by atoms with E-state index in [1.165, 1.54) is 38.1 Å². The Morgan fingerprint density at radius 2 is 1.96 bits per heavy atom. The number of benzene rings is 1. The maximum Gasteiger partial charge on any atom is 0.315 e. The molecule has 0 unspecified atom stereocenters. The molecule has 2 saturated heterocycles. The highest BCUT2D eigenvalue weighted by molar-refractivity contribution is 5.96. The van der Waals surface area contributed by atoms with Crippen LogP contribution in [0.4, 0.5) is 14.9 Å². The molecule has 25 heavy (non-hydrogen) atoms. The lowest BCUT2D eigenvalue weighted by atomic mass is 10.2. The number of anilines is 1. The monoisotopic (exact) mass is 349 g/mol.